The Hall–Kier alpha value is -1.36. The number of aromatic nitrogens is 2. The molecule has 0 aliphatic carbocycles. The molecule has 2 N–H and O–H groups in total. The molecular weight excluding hydrogens is 228 g/mol. The first-order valence-electron chi connectivity index (χ1n) is 6.68. The van der Waals surface area contributed by atoms with Crippen LogP contribution in [0.2, 0.25) is 0 Å². The molecule has 18 heavy (non-hydrogen) atoms. The molecule has 0 fully saturated rings. The summed E-state index contributed by atoms with van der Waals surface area (Å²) in [5.41, 5.74) is 1.45. The number of amides is 1. The number of carbonyl (C=O) groups excluding carboxylic acids is 1. The molecule has 5 heteroatoms. The highest BCUT2D eigenvalue weighted by atomic mass is 16.1. The van der Waals surface area contributed by atoms with Gasteiger partial charge in [0.25, 0.3) is 5.91 Å². The number of likely N-dealkylation sites (N-methyl/N-ethyl adjacent to an activating group) is 1. The molecule has 1 rings (SSSR count). The molecule has 0 radical (unpaired) electrons. The van der Waals surface area contributed by atoms with E-state index >= 15 is 0 Å². The second-order valence-corrected chi connectivity index (χ2v) is 4.41. The average molecular weight is 252 g/mol. The molecule has 0 aromatic carbocycles. The summed E-state index contributed by atoms with van der Waals surface area (Å²) in [6, 6.07) is 2.14. The lowest BCUT2D eigenvalue weighted by Crippen LogP contribution is -2.42. The smallest absolute Gasteiger partial charge is 0.271 e. The van der Waals surface area contributed by atoms with Crippen molar-refractivity contribution < 1.29 is 4.79 Å². The van der Waals surface area contributed by atoms with Gasteiger partial charge >= 0.3 is 0 Å². The van der Waals surface area contributed by atoms with Gasteiger partial charge in [-0.25, -0.2) is 0 Å². The minimum Gasteiger partial charge on any atom is -0.349 e. The van der Waals surface area contributed by atoms with Gasteiger partial charge in [0.05, 0.1) is 0 Å². The van der Waals surface area contributed by atoms with Gasteiger partial charge in [-0.2, -0.15) is 5.10 Å². The number of nitrogens with one attached hydrogen (secondary N) is 2. The molecule has 0 spiro atoms. The predicted octanol–water partition coefficient (Wildman–Crippen LogP) is 1.43. The summed E-state index contributed by atoms with van der Waals surface area (Å²) in [6.07, 6.45) is 0.857. The van der Waals surface area contributed by atoms with E-state index < -0.39 is 0 Å². The Morgan fingerprint density at radius 1 is 1.44 bits per heavy atom. The number of nitrogens with zero attached hydrogens (tertiary/aromatic N) is 2. The van der Waals surface area contributed by atoms with E-state index in [1.165, 1.54) is 0 Å². The fraction of sp³-hybridized carbons (Fsp3) is 0.692. The van der Waals surface area contributed by atoms with Crippen LogP contribution in [0.25, 0.3) is 0 Å². The van der Waals surface area contributed by atoms with E-state index in [0.29, 0.717) is 18.3 Å². The van der Waals surface area contributed by atoms with E-state index in [4.69, 9.17) is 0 Å². The first-order valence-corrected chi connectivity index (χ1v) is 6.68. The van der Waals surface area contributed by atoms with E-state index in [2.05, 4.69) is 41.2 Å². The normalized spacial score (nSPS) is 12.7. The van der Waals surface area contributed by atoms with Crippen LogP contribution in [0.3, 0.4) is 0 Å². The van der Waals surface area contributed by atoms with E-state index in [-0.39, 0.29) is 5.91 Å². The Bertz CT molecular complexity index is 371. The van der Waals surface area contributed by atoms with Crippen LogP contribution in [0.4, 0.5) is 0 Å². The van der Waals surface area contributed by atoms with Gasteiger partial charge in [0, 0.05) is 18.3 Å². The maximum atomic E-state index is 11.9. The Morgan fingerprint density at radius 3 is 2.61 bits per heavy atom. The molecule has 1 unspecified atom stereocenters. The molecular formula is C13H24N4O. The zero-order chi connectivity index (χ0) is 13.5. The van der Waals surface area contributed by atoms with Crippen LogP contribution in [0.1, 0.15) is 43.9 Å². The molecule has 102 valence electrons. The van der Waals surface area contributed by atoms with Crippen LogP contribution in [-0.2, 0) is 6.42 Å². The molecule has 1 aromatic heterocycles. The molecule has 0 bridgehead atoms. The molecule has 1 amide bonds. The molecule has 1 heterocycles. The highest BCUT2D eigenvalue weighted by Gasteiger charge is 2.13. The van der Waals surface area contributed by atoms with Crippen molar-refractivity contribution in [2.75, 3.05) is 19.6 Å². The molecule has 0 saturated heterocycles. The molecule has 0 saturated carbocycles. The molecule has 0 aliphatic heterocycles. The van der Waals surface area contributed by atoms with Crippen LogP contribution in [0.5, 0.6) is 0 Å². The van der Waals surface area contributed by atoms with Crippen molar-refractivity contribution in [3.8, 4) is 0 Å². The third-order valence-electron chi connectivity index (χ3n) is 3.24. The largest absolute Gasteiger partial charge is 0.349 e. The Balaban J connectivity index is 2.45. The highest BCUT2D eigenvalue weighted by molar-refractivity contribution is 5.92. The number of H-pyrrole nitrogens is 1. The van der Waals surface area contributed by atoms with E-state index in [1.807, 2.05) is 6.92 Å². The van der Waals surface area contributed by atoms with Crippen LogP contribution < -0.4 is 5.32 Å². The topological polar surface area (TPSA) is 61.0 Å². The number of hydrogen-bond acceptors (Lipinski definition) is 3. The van der Waals surface area contributed by atoms with Crippen molar-refractivity contribution in [1.29, 1.82) is 0 Å². The van der Waals surface area contributed by atoms with E-state index in [1.54, 1.807) is 6.07 Å². The molecule has 5 nitrogen and oxygen atoms in total. The van der Waals surface area contributed by atoms with Crippen LogP contribution >= 0.6 is 0 Å². The lowest BCUT2D eigenvalue weighted by Gasteiger charge is -2.26. The maximum absolute atomic E-state index is 11.9. The summed E-state index contributed by atoms with van der Waals surface area (Å²) in [6.45, 7) is 11.0. The number of hydrogen-bond donors (Lipinski definition) is 2. The SMILES string of the molecule is CCc1cc(C(=O)NCC(C)N(CC)CC)n[nH]1. The van der Waals surface area contributed by atoms with Crippen molar-refractivity contribution in [3.05, 3.63) is 17.5 Å². The summed E-state index contributed by atoms with van der Waals surface area (Å²) >= 11 is 0. The number of carbonyl (C=O) groups is 1. The Labute approximate surface area is 109 Å². The monoisotopic (exact) mass is 252 g/mol. The number of rotatable bonds is 7. The third kappa shape index (κ3) is 3.84. The molecule has 0 aliphatic rings. The fourth-order valence-electron chi connectivity index (χ4n) is 1.97. The first-order chi connectivity index (χ1) is 8.62. The van der Waals surface area contributed by atoms with Crippen molar-refractivity contribution in [2.45, 2.75) is 40.2 Å². The van der Waals surface area contributed by atoms with Crippen LogP contribution in [0.15, 0.2) is 6.07 Å². The minimum atomic E-state index is -0.107. The molecule has 1 atom stereocenters. The highest BCUT2D eigenvalue weighted by Crippen LogP contribution is 2.01. The van der Waals surface area contributed by atoms with Gasteiger partial charge in [-0.15, -0.1) is 0 Å². The minimum absolute atomic E-state index is 0.107. The van der Waals surface area contributed by atoms with Crippen molar-refractivity contribution in [2.24, 2.45) is 0 Å². The predicted molar refractivity (Wildman–Crippen MR) is 72.7 cm³/mol. The summed E-state index contributed by atoms with van der Waals surface area (Å²) < 4.78 is 0. The Kier molecular flexibility index (Phi) is 5.85. The van der Waals surface area contributed by atoms with Crippen LogP contribution in [0, 0.1) is 0 Å². The zero-order valence-electron chi connectivity index (χ0n) is 11.8. The maximum Gasteiger partial charge on any atom is 0.271 e. The average Bonchev–Trinajstić information content (AvgIpc) is 2.86. The molecule has 1 aromatic rings. The second-order valence-electron chi connectivity index (χ2n) is 4.41. The summed E-state index contributed by atoms with van der Waals surface area (Å²) in [5.74, 6) is -0.107. The quantitative estimate of drug-likeness (QED) is 0.772. The first kappa shape index (κ1) is 14.7. The van der Waals surface area contributed by atoms with Gasteiger partial charge in [0.15, 0.2) is 0 Å². The third-order valence-corrected chi connectivity index (χ3v) is 3.24. The summed E-state index contributed by atoms with van der Waals surface area (Å²) in [7, 11) is 0. The standard InChI is InChI=1S/C13H24N4O/c1-5-11-8-12(16-15-11)13(18)14-9-10(4)17(6-2)7-3/h8,10H,5-7,9H2,1-4H3,(H,14,18)(H,15,16). The van der Waals surface area contributed by atoms with Gasteiger partial charge in [-0.05, 0) is 32.5 Å². The van der Waals surface area contributed by atoms with Crippen LogP contribution in [-0.4, -0.2) is 46.7 Å². The van der Waals surface area contributed by atoms with Crippen molar-refractivity contribution in [3.63, 3.8) is 0 Å². The lowest BCUT2D eigenvalue weighted by atomic mass is 10.2. The number of aromatic amines is 1. The summed E-state index contributed by atoms with van der Waals surface area (Å²) in [4.78, 5) is 14.2. The van der Waals surface area contributed by atoms with E-state index in [0.717, 1.165) is 25.2 Å². The van der Waals surface area contributed by atoms with E-state index in [9.17, 15) is 4.79 Å². The van der Waals surface area contributed by atoms with Gasteiger partial charge in [-0.1, -0.05) is 20.8 Å². The fourth-order valence-corrected chi connectivity index (χ4v) is 1.97. The van der Waals surface area contributed by atoms with Gasteiger partial charge in [-0.3, -0.25) is 14.8 Å². The second kappa shape index (κ2) is 7.16. The summed E-state index contributed by atoms with van der Waals surface area (Å²) in [5, 5.41) is 9.77. The van der Waals surface area contributed by atoms with Gasteiger partial charge in [0.1, 0.15) is 5.69 Å². The van der Waals surface area contributed by atoms with Gasteiger partial charge in [0.2, 0.25) is 0 Å². The number of aryl methyl sites for hydroxylation is 1. The lowest BCUT2D eigenvalue weighted by molar-refractivity contribution is 0.0933. The zero-order valence-corrected chi connectivity index (χ0v) is 11.8. The Morgan fingerprint density at radius 2 is 2.11 bits per heavy atom. The van der Waals surface area contributed by atoms with Crippen molar-refractivity contribution in [1.82, 2.24) is 20.4 Å². The van der Waals surface area contributed by atoms with Gasteiger partial charge < -0.3 is 5.32 Å². The van der Waals surface area contributed by atoms with Crippen molar-refractivity contribution >= 4 is 5.91 Å².